The minimum atomic E-state index is -0.490. The zero-order valence-electron chi connectivity index (χ0n) is 12.1. The molecule has 1 aliphatic rings. The lowest BCUT2D eigenvalue weighted by atomic mass is 9.99. The third-order valence-electron chi connectivity index (χ3n) is 3.66. The topological polar surface area (TPSA) is 67.4 Å². The van der Waals surface area contributed by atoms with Crippen molar-refractivity contribution in [2.24, 2.45) is 0 Å². The van der Waals surface area contributed by atoms with Crippen LogP contribution in [0.3, 0.4) is 0 Å². The lowest BCUT2D eigenvalue weighted by Gasteiger charge is -2.36. The van der Waals surface area contributed by atoms with Crippen LogP contribution in [0.4, 0.5) is 5.82 Å². The van der Waals surface area contributed by atoms with Crippen molar-refractivity contribution >= 4 is 11.8 Å². The van der Waals surface area contributed by atoms with Gasteiger partial charge in [-0.25, -0.2) is 14.8 Å². The number of nitrogens with one attached hydrogen (secondary N) is 1. The molecule has 0 aliphatic carbocycles. The smallest absolute Gasteiger partial charge is 0.376 e. The summed E-state index contributed by atoms with van der Waals surface area (Å²) in [6.07, 6.45) is 6.28. The van der Waals surface area contributed by atoms with Gasteiger partial charge in [-0.15, -0.1) is 0 Å². The summed E-state index contributed by atoms with van der Waals surface area (Å²) >= 11 is 0. The van der Waals surface area contributed by atoms with Gasteiger partial charge in [0.05, 0.1) is 7.11 Å². The van der Waals surface area contributed by atoms with E-state index in [0.717, 1.165) is 31.7 Å². The number of hydrogen-bond acceptors (Lipinski definition) is 6. The molecule has 1 fully saturated rings. The number of carbonyl (C=O) groups excluding carboxylic acids is 1. The van der Waals surface area contributed by atoms with E-state index in [1.165, 1.54) is 20.0 Å². The first-order chi connectivity index (χ1) is 9.76. The van der Waals surface area contributed by atoms with E-state index in [1.54, 1.807) is 6.20 Å². The Morgan fingerprint density at radius 1 is 1.55 bits per heavy atom. The summed E-state index contributed by atoms with van der Waals surface area (Å²) in [5, 5.41) is 3.19. The van der Waals surface area contributed by atoms with Gasteiger partial charge in [-0.2, -0.15) is 0 Å². The van der Waals surface area contributed by atoms with Crippen molar-refractivity contribution in [3.8, 4) is 0 Å². The van der Waals surface area contributed by atoms with Gasteiger partial charge in [-0.3, -0.25) is 0 Å². The first kappa shape index (κ1) is 14.7. The monoisotopic (exact) mass is 278 g/mol. The zero-order chi connectivity index (χ0) is 14.4. The van der Waals surface area contributed by atoms with Crippen LogP contribution in [-0.2, 0) is 4.74 Å². The van der Waals surface area contributed by atoms with E-state index in [4.69, 9.17) is 0 Å². The van der Waals surface area contributed by atoms with Gasteiger partial charge >= 0.3 is 5.97 Å². The van der Waals surface area contributed by atoms with Crippen LogP contribution in [0.15, 0.2) is 12.3 Å². The Balaban J connectivity index is 2.16. The molecule has 0 spiro atoms. The molecule has 2 heterocycles. The summed E-state index contributed by atoms with van der Waals surface area (Å²) in [7, 11) is 3.31. The molecule has 1 N–H and O–H groups in total. The van der Waals surface area contributed by atoms with Gasteiger partial charge in [-0.05, 0) is 45.3 Å². The highest BCUT2D eigenvalue weighted by atomic mass is 16.5. The first-order valence-electron chi connectivity index (χ1n) is 7.09. The molecule has 20 heavy (non-hydrogen) atoms. The number of rotatable bonds is 5. The van der Waals surface area contributed by atoms with E-state index in [9.17, 15) is 4.79 Å². The molecule has 1 unspecified atom stereocenters. The number of carbonyl (C=O) groups is 1. The molecular weight excluding hydrogens is 256 g/mol. The van der Waals surface area contributed by atoms with Crippen molar-refractivity contribution in [3.63, 3.8) is 0 Å². The molecule has 110 valence electrons. The van der Waals surface area contributed by atoms with E-state index in [-0.39, 0.29) is 5.82 Å². The highest BCUT2D eigenvalue weighted by molar-refractivity contribution is 5.85. The minimum absolute atomic E-state index is 0.128. The van der Waals surface area contributed by atoms with Crippen LogP contribution in [0, 0.1) is 0 Å². The Labute approximate surface area is 119 Å². The summed E-state index contributed by atoms with van der Waals surface area (Å²) in [4.78, 5) is 22.1. The van der Waals surface area contributed by atoms with Crippen LogP contribution in [0.1, 0.15) is 36.3 Å². The Hall–Kier alpha value is -1.69. The van der Waals surface area contributed by atoms with Gasteiger partial charge in [0.15, 0.2) is 0 Å². The second kappa shape index (κ2) is 7.19. The Morgan fingerprint density at radius 2 is 2.40 bits per heavy atom. The van der Waals surface area contributed by atoms with E-state index >= 15 is 0 Å². The fourth-order valence-corrected chi connectivity index (χ4v) is 2.61. The van der Waals surface area contributed by atoms with Gasteiger partial charge in [0.2, 0.25) is 5.82 Å². The van der Waals surface area contributed by atoms with Crippen LogP contribution < -0.4 is 10.2 Å². The Kier molecular flexibility index (Phi) is 5.29. The average molecular weight is 278 g/mol. The quantitative estimate of drug-likeness (QED) is 0.817. The van der Waals surface area contributed by atoms with Crippen molar-refractivity contribution in [1.29, 1.82) is 0 Å². The number of esters is 1. The molecule has 2 rings (SSSR count). The van der Waals surface area contributed by atoms with Crippen LogP contribution in [0.5, 0.6) is 0 Å². The number of aromatic nitrogens is 2. The van der Waals surface area contributed by atoms with Crippen molar-refractivity contribution in [3.05, 3.63) is 18.1 Å². The van der Waals surface area contributed by atoms with Crippen LogP contribution in [0.25, 0.3) is 0 Å². The van der Waals surface area contributed by atoms with Crippen LogP contribution in [0.2, 0.25) is 0 Å². The molecule has 0 aromatic carbocycles. The molecule has 0 radical (unpaired) electrons. The third-order valence-corrected chi connectivity index (χ3v) is 3.66. The normalized spacial score (nSPS) is 18.9. The minimum Gasteiger partial charge on any atom is -0.463 e. The SMILES string of the molecule is CNCCC1CCCCN1c1ccnc(C(=O)OC)n1. The fourth-order valence-electron chi connectivity index (χ4n) is 2.61. The second-order valence-electron chi connectivity index (χ2n) is 4.97. The highest BCUT2D eigenvalue weighted by Gasteiger charge is 2.24. The predicted molar refractivity (Wildman–Crippen MR) is 76.9 cm³/mol. The molecule has 1 saturated heterocycles. The third kappa shape index (κ3) is 3.45. The summed E-state index contributed by atoms with van der Waals surface area (Å²) in [6, 6.07) is 2.33. The van der Waals surface area contributed by atoms with Crippen molar-refractivity contribution in [2.75, 3.05) is 32.1 Å². The molecule has 0 amide bonds. The molecule has 0 bridgehead atoms. The van der Waals surface area contributed by atoms with E-state index in [1.807, 2.05) is 13.1 Å². The molecule has 1 aromatic heterocycles. The summed E-state index contributed by atoms with van der Waals surface area (Å²) in [6.45, 7) is 1.96. The second-order valence-corrected chi connectivity index (χ2v) is 4.97. The predicted octanol–water partition coefficient (Wildman–Crippen LogP) is 1.23. The molecule has 0 saturated carbocycles. The first-order valence-corrected chi connectivity index (χ1v) is 7.09. The van der Waals surface area contributed by atoms with E-state index in [2.05, 4.69) is 24.9 Å². The van der Waals surface area contributed by atoms with Gasteiger partial charge in [0.1, 0.15) is 5.82 Å². The number of nitrogens with zero attached hydrogens (tertiary/aromatic N) is 3. The van der Waals surface area contributed by atoms with Gasteiger partial charge < -0.3 is 15.0 Å². The maximum atomic E-state index is 11.5. The highest BCUT2D eigenvalue weighted by Crippen LogP contribution is 2.24. The van der Waals surface area contributed by atoms with Crippen LogP contribution >= 0.6 is 0 Å². The summed E-state index contributed by atoms with van der Waals surface area (Å²) in [5.74, 6) is 0.458. The Bertz CT molecular complexity index is 453. The molecule has 1 aliphatic heterocycles. The van der Waals surface area contributed by atoms with Gasteiger partial charge in [0.25, 0.3) is 0 Å². The lowest BCUT2D eigenvalue weighted by Crippen LogP contribution is -2.41. The largest absolute Gasteiger partial charge is 0.463 e. The zero-order valence-corrected chi connectivity index (χ0v) is 12.1. The number of methoxy groups -OCH3 is 1. The van der Waals surface area contributed by atoms with Crippen molar-refractivity contribution < 1.29 is 9.53 Å². The molecule has 6 heteroatoms. The van der Waals surface area contributed by atoms with Crippen LogP contribution in [-0.4, -0.2) is 49.2 Å². The summed E-state index contributed by atoms with van der Waals surface area (Å²) in [5.41, 5.74) is 0. The van der Waals surface area contributed by atoms with Crippen molar-refractivity contribution in [2.45, 2.75) is 31.7 Å². The van der Waals surface area contributed by atoms with Crippen molar-refractivity contribution in [1.82, 2.24) is 15.3 Å². The molecular formula is C14H22N4O2. The van der Waals surface area contributed by atoms with E-state index in [0.29, 0.717) is 6.04 Å². The average Bonchev–Trinajstić information content (AvgIpc) is 2.52. The fraction of sp³-hybridized carbons (Fsp3) is 0.643. The maximum absolute atomic E-state index is 11.5. The number of ether oxygens (including phenoxy) is 1. The summed E-state index contributed by atoms with van der Waals surface area (Å²) < 4.78 is 4.68. The maximum Gasteiger partial charge on any atom is 0.376 e. The lowest BCUT2D eigenvalue weighted by molar-refractivity contribution is 0.0586. The van der Waals surface area contributed by atoms with E-state index < -0.39 is 5.97 Å². The molecule has 6 nitrogen and oxygen atoms in total. The Morgan fingerprint density at radius 3 is 3.15 bits per heavy atom. The molecule has 1 aromatic rings. The standard InChI is InChI=1S/C14H22N4O2/c1-15-8-6-11-5-3-4-10-18(11)12-7-9-16-13(17-12)14(19)20-2/h7,9,11,15H,3-6,8,10H2,1-2H3. The molecule has 1 atom stereocenters. The number of piperidine rings is 1. The number of hydrogen-bond donors (Lipinski definition) is 1. The van der Waals surface area contributed by atoms with Gasteiger partial charge in [0, 0.05) is 18.8 Å². The number of anilines is 1. The van der Waals surface area contributed by atoms with Gasteiger partial charge in [-0.1, -0.05) is 0 Å².